The van der Waals surface area contributed by atoms with Crippen LogP contribution >= 0.6 is 11.3 Å². The minimum absolute atomic E-state index is 0.00715. The fraction of sp³-hybridized carbons (Fsp3) is 0.316. The van der Waals surface area contributed by atoms with E-state index in [1.165, 1.54) is 0 Å². The smallest absolute Gasteiger partial charge is 0.205 e. The van der Waals surface area contributed by atoms with Gasteiger partial charge >= 0.3 is 0 Å². The third kappa shape index (κ3) is 3.22. The molecule has 5 nitrogen and oxygen atoms in total. The Hall–Kier alpha value is -2.47. The first-order valence-corrected chi connectivity index (χ1v) is 9.27. The van der Waals surface area contributed by atoms with Gasteiger partial charge in [0.2, 0.25) is 5.75 Å². The molecule has 1 aliphatic rings. The lowest BCUT2D eigenvalue weighted by atomic mass is 10.0. The van der Waals surface area contributed by atoms with Gasteiger partial charge in [-0.25, -0.2) is 4.98 Å². The Balaban J connectivity index is 1.43. The molecule has 1 fully saturated rings. The van der Waals surface area contributed by atoms with Crippen molar-refractivity contribution in [1.29, 1.82) is 0 Å². The topological polar surface area (TPSA) is 57.3 Å². The van der Waals surface area contributed by atoms with Crippen molar-refractivity contribution < 1.29 is 9.84 Å². The summed E-state index contributed by atoms with van der Waals surface area (Å²) < 4.78 is 6.38. The minimum atomic E-state index is 0.00715. The number of anilines is 2. The average Bonchev–Trinajstić information content (AvgIpc) is 3.08. The molecule has 0 aliphatic carbocycles. The Morgan fingerprint density at radius 1 is 1.16 bits per heavy atom. The summed E-state index contributed by atoms with van der Waals surface area (Å²) >= 11 is 1.60. The Morgan fingerprint density at radius 3 is 2.72 bits per heavy atom. The molecule has 0 atom stereocenters. The minimum Gasteiger partial charge on any atom is -0.495 e. The summed E-state index contributed by atoms with van der Waals surface area (Å²) in [6.45, 7) is 1.86. The lowest BCUT2D eigenvalue weighted by Crippen LogP contribution is -2.39. The predicted octanol–water partition coefficient (Wildman–Crippen LogP) is 4.53. The molecule has 0 bridgehead atoms. The molecule has 0 amide bonds. The Morgan fingerprint density at radius 2 is 1.96 bits per heavy atom. The van der Waals surface area contributed by atoms with Gasteiger partial charge in [0.25, 0.3) is 0 Å². The Labute approximate surface area is 150 Å². The van der Waals surface area contributed by atoms with Gasteiger partial charge in [0.15, 0.2) is 5.13 Å². The van der Waals surface area contributed by atoms with Crippen LogP contribution in [0, 0.1) is 0 Å². The highest BCUT2D eigenvalue weighted by molar-refractivity contribution is 7.22. The zero-order valence-corrected chi connectivity index (χ0v) is 14.9. The highest BCUT2D eigenvalue weighted by atomic mass is 32.1. The first-order valence-electron chi connectivity index (χ1n) is 8.45. The van der Waals surface area contributed by atoms with E-state index in [1.54, 1.807) is 30.6 Å². The van der Waals surface area contributed by atoms with Crippen LogP contribution in [0.15, 0.2) is 42.5 Å². The van der Waals surface area contributed by atoms with Crippen molar-refractivity contribution >= 4 is 32.4 Å². The molecule has 129 valence electrons. The van der Waals surface area contributed by atoms with Gasteiger partial charge in [-0.05, 0) is 37.1 Å². The van der Waals surface area contributed by atoms with E-state index in [-0.39, 0.29) is 5.75 Å². The first-order chi connectivity index (χ1) is 12.2. The maximum atomic E-state index is 11.9. The fourth-order valence-corrected chi connectivity index (χ4v) is 4.28. The van der Waals surface area contributed by atoms with Crippen molar-refractivity contribution in [3.05, 3.63) is 42.5 Å². The van der Waals surface area contributed by atoms with Crippen LogP contribution in [0.1, 0.15) is 12.8 Å². The van der Waals surface area contributed by atoms with Gasteiger partial charge in [-0.1, -0.05) is 29.5 Å². The van der Waals surface area contributed by atoms with E-state index in [0.29, 0.717) is 11.6 Å². The van der Waals surface area contributed by atoms with E-state index in [4.69, 9.17) is 4.74 Å². The summed E-state index contributed by atoms with van der Waals surface area (Å²) in [5, 5.41) is 16.4. The van der Waals surface area contributed by atoms with Crippen molar-refractivity contribution in [2.75, 3.05) is 30.4 Å². The molecule has 3 aromatic rings. The van der Waals surface area contributed by atoms with Crippen LogP contribution < -0.4 is 15.0 Å². The number of hydrogen-bond acceptors (Lipinski definition) is 5. The SMILES string of the molecule is COc1ccccc1NC1CCN(c2nc3c([O])cccc3s2)CC1. The second-order valence-corrected chi connectivity index (χ2v) is 7.21. The summed E-state index contributed by atoms with van der Waals surface area (Å²) in [6.07, 6.45) is 2.05. The number of fused-ring (bicyclic) bond motifs is 1. The van der Waals surface area contributed by atoms with Crippen LogP contribution in [0.2, 0.25) is 0 Å². The molecule has 0 spiro atoms. The van der Waals surface area contributed by atoms with Crippen molar-refractivity contribution in [2.24, 2.45) is 0 Å². The van der Waals surface area contributed by atoms with E-state index in [2.05, 4.69) is 21.3 Å². The number of nitrogens with zero attached hydrogens (tertiary/aromatic N) is 2. The third-order valence-electron chi connectivity index (χ3n) is 4.60. The van der Waals surface area contributed by atoms with Gasteiger partial charge in [0.1, 0.15) is 11.3 Å². The zero-order chi connectivity index (χ0) is 17.2. The van der Waals surface area contributed by atoms with E-state index >= 15 is 0 Å². The number of piperidine rings is 1. The third-order valence-corrected chi connectivity index (χ3v) is 5.68. The summed E-state index contributed by atoms with van der Waals surface area (Å²) in [5.74, 6) is 0.881. The first kappa shape index (κ1) is 16.0. The number of methoxy groups -OCH3 is 1. The monoisotopic (exact) mass is 354 g/mol. The van der Waals surface area contributed by atoms with Crippen molar-refractivity contribution in [1.82, 2.24) is 4.98 Å². The van der Waals surface area contributed by atoms with E-state index in [0.717, 1.165) is 47.2 Å². The normalized spacial score (nSPS) is 15.5. The van der Waals surface area contributed by atoms with Crippen LogP contribution in [0.25, 0.3) is 10.2 Å². The largest absolute Gasteiger partial charge is 0.495 e. The zero-order valence-electron chi connectivity index (χ0n) is 14.1. The van der Waals surface area contributed by atoms with Crippen LogP contribution in [0.5, 0.6) is 11.5 Å². The van der Waals surface area contributed by atoms with Crippen LogP contribution in [-0.4, -0.2) is 31.2 Å². The molecule has 2 aromatic carbocycles. The predicted molar refractivity (Wildman–Crippen MR) is 102 cm³/mol. The molecule has 6 heteroatoms. The van der Waals surface area contributed by atoms with Gasteiger partial charge in [0, 0.05) is 19.1 Å². The van der Waals surface area contributed by atoms with Crippen LogP contribution in [-0.2, 0) is 5.11 Å². The lowest BCUT2D eigenvalue weighted by Gasteiger charge is -2.32. The summed E-state index contributed by atoms with van der Waals surface area (Å²) in [5.41, 5.74) is 1.64. The second kappa shape index (κ2) is 6.80. The standard InChI is InChI=1S/C19H20N3O2S/c1-24-16-7-3-2-5-14(16)20-13-9-11-22(12-10-13)19-21-18-15(23)6-4-8-17(18)25-19/h2-8,13,20H,9-12H2,1H3. The number of aromatic nitrogens is 1. The van der Waals surface area contributed by atoms with Crippen molar-refractivity contribution in [3.63, 3.8) is 0 Å². The van der Waals surface area contributed by atoms with Gasteiger partial charge in [-0.3, -0.25) is 5.11 Å². The summed E-state index contributed by atoms with van der Waals surface area (Å²) in [7, 11) is 1.69. The van der Waals surface area contributed by atoms with Crippen molar-refractivity contribution in [3.8, 4) is 11.5 Å². The Bertz CT molecular complexity index is 872. The quantitative estimate of drug-likeness (QED) is 0.748. The molecule has 1 N–H and O–H groups in total. The van der Waals surface area contributed by atoms with Crippen LogP contribution in [0.4, 0.5) is 10.8 Å². The van der Waals surface area contributed by atoms with Gasteiger partial charge in [-0.2, -0.15) is 0 Å². The number of ether oxygens (including phenoxy) is 1. The molecule has 0 unspecified atom stereocenters. The number of benzene rings is 2. The maximum Gasteiger partial charge on any atom is 0.205 e. The lowest BCUT2D eigenvalue weighted by molar-refractivity contribution is 0.359. The van der Waals surface area contributed by atoms with Crippen LogP contribution in [0.3, 0.4) is 0 Å². The fourth-order valence-electron chi connectivity index (χ4n) is 3.25. The van der Waals surface area contributed by atoms with Gasteiger partial charge < -0.3 is 15.0 Å². The van der Waals surface area contributed by atoms with Gasteiger partial charge in [0.05, 0.1) is 17.5 Å². The second-order valence-electron chi connectivity index (χ2n) is 6.21. The highest BCUT2D eigenvalue weighted by Gasteiger charge is 2.22. The average molecular weight is 354 g/mol. The number of thiazole rings is 1. The molecule has 1 radical (unpaired) electrons. The molecular weight excluding hydrogens is 334 g/mol. The van der Waals surface area contributed by atoms with Crippen molar-refractivity contribution in [2.45, 2.75) is 18.9 Å². The number of hydrogen-bond donors (Lipinski definition) is 1. The molecule has 4 rings (SSSR count). The Kier molecular flexibility index (Phi) is 4.36. The van der Waals surface area contributed by atoms with E-state index < -0.39 is 0 Å². The molecule has 25 heavy (non-hydrogen) atoms. The molecular formula is C19H20N3O2S. The molecule has 0 saturated carbocycles. The number of nitrogens with one attached hydrogen (secondary N) is 1. The van der Waals surface area contributed by atoms with E-state index in [9.17, 15) is 5.11 Å². The van der Waals surface area contributed by atoms with E-state index in [1.807, 2.05) is 24.3 Å². The molecule has 2 heterocycles. The summed E-state index contributed by atoms with van der Waals surface area (Å²) in [6, 6.07) is 13.8. The maximum absolute atomic E-state index is 11.9. The molecule has 1 aliphatic heterocycles. The van der Waals surface area contributed by atoms with Gasteiger partial charge in [-0.15, -0.1) is 0 Å². The molecule has 1 aromatic heterocycles. The highest BCUT2D eigenvalue weighted by Crippen LogP contribution is 2.35. The summed E-state index contributed by atoms with van der Waals surface area (Å²) in [4.78, 5) is 6.85. The number of para-hydroxylation sites is 3. The number of rotatable bonds is 4. The molecule has 1 saturated heterocycles.